The average molecular weight is 679 g/mol. The second-order valence-corrected chi connectivity index (χ2v) is 12.9. The number of likely N-dealkylation sites (N-methyl/N-ethyl adjacent to an activating group) is 1. The van der Waals surface area contributed by atoms with Crippen LogP contribution in [0.25, 0.3) is 21.9 Å². The summed E-state index contributed by atoms with van der Waals surface area (Å²) in [5.41, 5.74) is 10.9. The van der Waals surface area contributed by atoms with Gasteiger partial charge in [0.1, 0.15) is 11.3 Å². The highest BCUT2D eigenvalue weighted by Gasteiger charge is 2.28. The molecule has 2 aromatic heterocycles. The number of esters is 1. The Balaban J connectivity index is 1.31. The molecule has 0 bridgehead atoms. The number of hydrogen-bond donors (Lipinski definition) is 2. The molecule has 1 amide bonds. The summed E-state index contributed by atoms with van der Waals surface area (Å²) in [6.07, 6.45) is 2.18. The third-order valence-corrected chi connectivity index (χ3v) is 8.82. The van der Waals surface area contributed by atoms with Crippen LogP contribution in [0.3, 0.4) is 0 Å². The van der Waals surface area contributed by atoms with Crippen molar-refractivity contribution in [3.05, 3.63) is 101 Å². The summed E-state index contributed by atoms with van der Waals surface area (Å²) in [6, 6.07) is 23.8. The molecule has 2 unspecified atom stereocenters. The Morgan fingerprint density at radius 3 is 2.30 bits per heavy atom. The lowest BCUT2D eigenvalue weighted by molar-refractivity contribution is -0.165. The number of para-hydroxylation sites is 1. The number of ether oxygens (including phenoxy) is 1. The van der Waals surface area contributed by atoms with Crippen molar-refractivity contribution in [2.24, 2.45) is 0 Å². The Hall–Kier alpha value is -5.29. The standard InChI is InChI=1S/C39H46N6O5/c1-5-6-17-32-42-34-35(30-15-10-11-16-31(30)41-37(34)40)45(32)23-12-22-44(33(46)25-43(3)4)24-27-18-20-28(21-19-27)26(2)39(49)50-36(38(47)48)29-13-8-7-9-14-29/h7-11,13-16,18-21,26,36H,5-6,12,17,22-25H2,1-4H3,(H2,40,41)(H,47,48). The lowest BCUT2D eigenvalue weighted by atomic mass is 9.99. The quantitative estimate of drug-likeness (QED) is 0.121. The van der Waals surface area contributed by atoms with Gasteiger partial charge in [-0.3, -0.25) is 9.59 Å². The number of unbranched alkanes of at least 4 members (excludes halogenated alkanes) is 1. The number of benzene rings is 3. The van der Waals surface area contributed by atoms with Gasteiger partial charge < -0.3 is 29.9 Å². The SMILES string of the molecule is CCCCc1nc2c(N)nc3ccccc3c2n1CCCN(Cc1ccc(C(C)C(=O)OC(C(=O)O)c2ccccc2)cc1)C(=O)CN(C)C. The van der Waals surface area contributed by atoms with Gasteiger partial charge in [0.2, 0.25) is 12.0 Å². The predicted molar refractivity (Wildman–Crippen MR) is 194 cm³/mol. The van der Waals surface area contributed by atoms with Crippen LogP contribution >= 0.6 is 0 Å². The van der Waals surface area contributed by atoms with Crippen LogP contribution < -0.4 is 5.73 Å². The molecule has 50 heavy (non-hydrogen) atoms. The molecule has 0 aliphatic carbocycles. The van der Waals surface area contributed by atoms with Gasteiger partial charge in [0.25, 0.3) is 0 Å². The van der Waals surface area contributed by atoms with Gasteiger partial charge in [0.05, 0.1) is 23.5 Å². The number of aryl methyl sites for hydroxylation is 2. The number of fused-ring (bicyclic) bond motifs is 3. The van der Waals surface area contributed by atoms with Crippen molar-refractivity contribution >= 4 is 45.6 Å². The summed E-state index contributed by atoms with van der Waals surface area (Å²) in [5, 5.41) is 10.7. The van der Waals surface area contributed by atoms with Gasteiger partial charge in [-0.1, -0.05) is 86.1 Å². The van der Waals surface area contributed by atoms with Crippen LogP contribution in [0.15, 0.2) is 78.9 Å². The van der Waals surface area contributed by atoms with Gasteiger partial charge in [-0.05, 0) is 51.1 Å². The summed E-state index contributed by atoms with van der Waals surface area (Å²) < 4.78 is 7.68. The fourth-order valence-electron chi connectivity index (χ4n) is 6.13. The second-order valence-electron chi connectivity index (χ2n) is 12.9. The Bertz CT molecular complexity index is 1940. The number of aliphatic carboxylic acids is 1. The number of carboxylic acids is 1. The van der Waals surface area contributed by atoms with Gasteiger partial charge in [0, 0.05) is 37.0 Å². The highest BCUT2D eigenvalue weighted by atomic mass is 16.6. The van der Waals surface area contributed by atoms with E-state index in [4.69, 9.17) is 15.5 Å². The summed E-state index contributed by atoms with van der Waals surface area (Å²) in [7, 11) is 3.75. The molecular weight excluding hydrogens is 632 g/mol. The predicted octanol–water partition coefficient (Wildman–Crippen LogP) is 5.96. The number of rotatable bonds is 16. The Morgan fingerprint density at radius 1 is 0.920 bits per heavy atom. The maximum atomic E-state index is 13.5. The van der Waals surface area contributed by atoms with E-state index in [9.17, 15) is 19.5 Å². The first-order valence-electron chi connectivity index (χ1n) is 17.1. The van der Waals surface area contributed by atoms with Gasteiger partial charge in [-0.15, -0.1) is 0 Å². The minimum atomic E-state index is -1.39. The Labute approximate surface area is 292 Å². The molecule has 3 N–H and O–H groups in total. The summed E-state index contributed by atoms with van der Waals surface area (Å²) >= 11 is 0. The fraction of sp³-hybridized carbons (Fsp3) is 0.359. The largest absolute Gasteiger partial charge is 0.478 e. The number of anilines is 1. The number of carbonyl (C=O) groups excluding carboxylic acids is 2. The lowest BCUT2D eigenvalue weighted by Gasteiger charge is -2.25. The van der Waals surface area contributed by atoms with E-state index in [0.717, 1.165) is 47.1 Å². The molecule has 262 valence electrons. The smallest absolute Gasteiger partial charge is 0.349 e. The van der Waals surface area contributed by atoms with E-state index in [0.29, 0.717) is 48.5 Å². The normalized spacial score (nSPS) is 12.7. The third-order valence-electron chi connectivity index (χ3n) is 8.82. The van der Waals surface area contributed by atoms with E-state index < -0.39 is 24.0 Å². The van der Waals surface area contributed by atoms with Crippen molar-refractivity contribution in [2.75, 3.05) is 32.9 Å². The number of amides is 1. The summed E-state index contributed by atoms with van der Waals surface area (Å²) in [4.78, 5) is 51.6. The van der Waals surface area contributed by atoms with E-state index in [1.165, 1.54) is 0 Å². The van der Waals surface area contributed by atoms with Crippen LogP contribution in [0, 0.1) is 0 Å². The van der Waals surface area contributed by atoms with Crippen LogP contribution in [-0.2, 0) is 38.6 Å². The molecule has 3 aromatic carbocycles. The van der Waals surface area contributed by atoms with Crippen molar-refractivity contribution in [3.8, 4) is 0 Å². The number of nitrogens with zero attached hydrogens (tertiary/aromatic N) is 5. The van der Waals surface area contributed by atoms with Crippen molar-refractivity contribution in [1.29, 1.82) is 0 Å². The first-order chi connectivity index (χ1) is 24.1. The maximum Gasteiger partial charge on any atom is 0.349 e. The number of carbonyl (C=O) groups is 3. The molecule has 0 aliphatic rings. The molecule has 0 fully saturated rings. The number of imidazole rings is 1. The van der Waals surface area contributed by atoms with Crippen LogP contribution in [-0.4, -0.2) is 74.5 Å². The Kier molecular flexibility index (Phi) is 11.8. The highest BCUT2D eigenvalue weighted by Crippen LogP contribution is 2.30. The molecule has 0 saturated heterocycles. The van der Waals surface area contributed by atoms with Crippen molar-refractivity contribution < 1.29 is 24.2 Å². The molecule has 0 saturated carbocycles. The van der Waals surface area contributed by atoms with E-state index in [1.807, 2.05) is 66.4 Å². The molecule has 5 aromatic rings. The molecule has 11 nitrogen and oxygen atoms in total. The van der Waals surface area contributed by atoms with E-state index in [1.54, 1.807) is 37.3 Å². The van der Waals surface area contributed by atoms with E-state index in [2.05, 4.69) is 22.5 Å². The first-order valence-corrected chi connectivity index (χ1v) is 17.1. The maximum absolute atomic E-state index is 13.5. The molecule has 2 heterocycles. The molecule has 0 spiro atoms. The van der Waals surface area contributed by atoms with E-state index in [-0.39, 0.29) is 12.5 Å². The van der Waals surface area contributed by atoms with Crippen LogP contribution in [0.1, 0.15) is 67.6 Å². The molecule has 0 aliphatic heterocycles. The number of carboxylic acid groups (broad SMARTS) is 1. The zero-order valence-electron chi connectivity index (χ0n) is 29.2. The lowest BCUT2D eigenvalue weighted by Crippen LogP contribution is -2.38. The topological polar surface area (TPSA) is 144 Å². The zero-order chi connectivity index (χ0) is 35.8. The number of pyridine rings is 1. The van der Waals surface area contributed by atoms with Gasteiger partial charge in [-0.2, -0.15) is 0 Å². The van der Waals surface area contributed by atoms with Crippen LogP contribution in [0.5, 0.6) is 0 Å². The van der Waals surface area contributed by atoms with Crippen LogP contribution in [0.2, 0.25) is 0 Å². The molecule has 5 rings (SSSR count). The molecular formula is C39H46N6O5. The highest BCUT2D eigenvalue weighted by molar-refractivity contribution is 6.06. The third kappa shape index (κ3) is 8.46. The van der Waals surface area contributed by atoms with Crippen molar-refractivity contribution in [3.63, 3.8) is 0 Å². The summed E-state index contributed by atoms with van der Waals surface area (Å²) in [6.45, 7) is 5.71. The van der Waals surface area contributed by atoms with E-state index >= 15 is 0 Å². The number of aromatic nitrogens is 3. The van der Waals surface area contributed by atoms with Crippen LogP contribution in [0.4, 0.5) is 5.82 Å². The first kappa shape index (κ1) is 36.0. The molecule has 2 atom stereocenters. The zero-order valence-corrected chi connectivity index (χ0v) is 29.2. The Morgan fingerprint density at radius 2 is 1.62 bits per heavy atom. The number of nitrogen functional groups attached to an aromatic ring is 1. The fourth-order valence-corrected chi connectivity index (χ4v) is 6.13. The van der Waals surface area contributed by atoms with Crippen molar-refractivity contribution in [2.45, 2.75) is 64.6 Å². The monoisotopic (exact) mass is 678 g/mol. The molecule has 0 radical (unpaired) electrons. The van der Waals surface area contributed by atoms with Gasteiger partial charge in [0.15, 0.2) is 5.82 Å². The van der Waals surface area contributed by atoms with Crippen molar-refractivity contribution in [1.82, 2.24) is 24.3 Å². The molecule has 11 heteroatoms. The minimum Gasteiger partial charge on any atom is -0.478 e. The van der Waals surface area contributed by atoms with Gasteiger partial charge in [-0.25, -0.2) is 14.8 Å². The van der Waals surface area contributed by atoms with Gasteiger partial charge >= 0.3 is 11.9 Å². The number of hydrogen-bond acceptors (Lipinski definition) is 8. The summed E-state index contributed by atoms with van der Waals surface area (Å²) in [5.74, 6) is -1.15. The average Bonchev–Trinajstić information content (AvgIpc) is 3.48. The second kappa shape index (κ2) is 16.4. The number of nitrogens with two attached hydrogens (primary N) is 1. The minimum absolute atomic E-state index is 0.0113.